The van der Waals surface area contributed by atoms with Crippen LogP contribution >= 0.6 is 0 Å². The monoisotopic (exact) mass is 345 g/mol. The zero-order valence-electron chi connectivity index (χ0n) is 14.8. The van der Waals surface area contributed by atoms with Crippen molar-refractivity contribution in [3.05, 3.63) is 59.9 Å². The SMILES string of the molecule is COc1ccc(NC(=O)N[C@@H](CCN(C)C)c2ccccc2)c(F)c1. The largest absolute Gasteiger partial charge is 0.497 e. The molecule has 2 aromatic rings. The molecule has 0 saturated carbocycles. The van der Waals surface area contributed by atoms with Gasteiger partial charge in [-0.05, 0) is 44.8 Å². The molecule has 0 aromatic heterocycles. The Balaban J connectivity index is 2.06. The lowest BCUT2D eigenvalue weighted by molar-refractivity contribution is 0.246. The molecule has 0 saturated heterocycles. The standard InChI is InChI=1S/C19H24FN3O2/c1-23(2)12-11-17(14-7-5-4-6-8-14)21-19(24)22-18-10-9-15(25-3)13-16(18)20/h4-10,13,17H,11-12H2,1-3H3,(H2,21,22,24)/t17-/m0/s1. The van der Waals surface area contributed by atoms with E-state index in [4.69, 9.17) is 4.74 Å². The first-order valence-electron chi connectivity index (χ1n) is 8.10. The first-order valence-corrected chi connectivity index (χ1v) is 8.10. The van der Waals surface area contributed by atoms with E-state index in [0.29, 0.717) is 5.75 Å². The summed E-state index contributed by atoms with van der Waals surface area (Å²) < 4.78 is 18.9. The quantitative estimate of drug-likeness (QED) is 0.805. The van der Waals surface area contributed by atoms with Crippen LogP contribution in [-0.2, 0) is 0 Å². The third kappa shape index (κ3) is 5.76. The Morgan fingerprint density at radius 2 is 1.92 bits per heavy atom. The van der Waals surface area contributed by atoms with Crippen LogP contribution in [0.25, 0.3) is 0 Å². The van der Waals surface area contributed by atoms with Crippen LogP contribution in [0.2, 0.25) is 0 Å². The van der Waals surface area contributed by atoms with Crippen LogP contribution in [0.1, 0.15) is 18.0 Å². The number of methoxy groups -OCH3 is 1. The molecule has 2 amide bonds. The maximum absolute atomic E-state index is 14.0. The van der Waals surface area contributed by atoms with Gasteiger partial charge in [0.15, 0.2) is 0 Å². The molecule has 0 aliphatic heterocycles. The molecule has 1 atom stereocenters. The van der Waals surface area contributed by atoms with Gasteiger partial charge in [0.2, 0.25) is 0 Å². The van der Waals surface area contributed by atoms with Crippen LogP contribution in [0.15, 0.2) is 48.5 Å². The number of anilines is 1. The minimum absolute atomic E-state index is 0.109. The van der Waals surface area contributed by atoms with Gasteiger partial charge in [0, 0.05) is 6.07 Å². The van der Waals surface area contributed by atoms with Crippen molar-refractivity contribution in [2.75, 3.05) is 33.1 Å². The molecule has 0 unspecified atom stereocenters. The van der Waals surface area contributed by atoms with Gasteiger partial charge in [0.1, 0.15) is 11.6 Å². The number of halogens is 1. The molecule has 5 nitrogen and oxygen atoms in total. The molecule has 2 aromatic carbocycles. The molecule has 0 aliphatic carbocycles. The van der Waals surface area contributed by atoms with Gasteiger partial charge in [-0.15, -0.1) is 0 Å². The predicted octanol–water partition coefficient (Wildman–Crippen LogP) is 3.65. The van der Waals surface area contributed by atoms with Gasteiger partial charge in [-0.2, -0.15) is 0 Å². The van der Waals surface area contributed by atoms with Crippen molar-refractivity contribution in [1.29, 1.82) is 0 Å². The second-order valence-electron chi connectivity index (χ2n) is 6.00. The lowest BCUT2D eigenvalue weighted by Gasteiger charge is -2.21. The first kappa shape index (κ1) is 18.7. The fourth-order valence-electron chi connectivity index (χ4n) is 2.44. The highest BCUT2D eigenvalue weighted by Crippen LogP contribution is 2.21. The summed E-state index contributed by atoms with van der Waals surface area (Å²) in [6.07, 6.45) is 0.746. The van der Waals surface area contributed by atoms with Crippen molar-refractivity contribution >= 4 is 11.7 Å². The molecule has 6 heteroatoms. The van der Waals surface area contributed by atoms with E-state index in [1.807, 2.05) is 44.4 Å². The molecule has 0 bridgehead atoms. The molecule has 25 heavy (non-hydrogen) atoms. The van der Waals surface area contributed by atoms with E-state index >= 15 is 0 Å². The second-order valence-corrected chi connectivity index (χ2v) is 6.00. The number of urea groups is 1. The molecule has 2 rings (SSSR count). The zero-order chi connectivity index (χ0) is 18.2. The maximum atomic E-state index is 14.0. The molecular weight excluding hydrogens is 321 g/mol. The van der Waals surface area contributed by atoms with E-state index in [9.17, 15) is 9.18 Å². The van der Waals surface area contributed by atoms with E-state index in [2.05, 4.69) is 15.5 Å². The van der Waals surface area contributed by atoms with Crippen molar-refractivity contribution < 1.29 is 13.9 Å². The average Bonchev–Trinajstić information content (AvgIpc) is 2.61. The number of carbonyl (C=O) groups excluding carboxylic acids is 1. The lowest BCUT2D eigenvalue weighted by Crippen LogP contribution is -2.34. The van der Waals surface area contributed by atoms with Crippen molar-refractivity contribution in [2.45, 2.75) is 12.5 Å². The minimum atomic E-state index is -0.543. The van der Waals surface area contributed by atoms with Gasteiger partial charge in [-0.1, -0.05) is 30.3 Å². The van der Waals surface area contributed by atoms with E-state index in [-0.39, 0.29) is 11.7 Å². The number of rotatable bonds is 7. The number of hydrogen-bond acceptors (Lipinski definition) is 3. The summed E-state index contributed by atoms with van der Waals surface area (Å²) in [6, 6.07) is 13.4. The zero-order valence-corrected chi connectivity index (χ0v) is 14.8. The Morgan fingerprint density at radius 3 is 2.52 bits per heavy atom. The number of nitrogens with one attached hydrogen (secondary N) is 2. The van der Waals surface area contributed by atoms with Gasteiger partial charge < -0.3 is 20.3 Å². The number of hydrogen-bond donors (Lipinski definition) is 2. The van der Waals surface area contributed by atoms with Gasteiger partial charge in [0.05, 0.1) is 18.8 Å². The molecular formula is C19H24FN3O2. The summed E-state index contributed by atoms with van der Waals surface area (Å²) in [5, 5.41) is 5.47. The fourth-order valence-corrected chi connectivity index (χ4v) is 2.44. The highest BCUT2D eigenvalue weighted by Gasteiger charge is 2.16. The molecule has 134 valence electrons. The summed E-state index contributed by atoms with van der Waals surface area (Å²) >= 11 is 0. The predicted molar refractivity (Wildman–Crippen MR) is 97.5 cm³/mol. The number of ether oxygens (including phenoxy) is 1. The Kier molecular flexibility index (Phi) is 6.77. The second kappa shape index (κ2) is 9.03. The smallest absolute Gasteiger partial charge is 0.319 e. The molecule has 0 spiro atoms. The van der Waals surface area contributed by atoms with Crippen LogP contribution in [0.3, 0.4) is 0 Å². The Morgan fingerprint density at radius 1 is 1.20 bits per heavy atom. The molecule has 2 N–H and O–H groups in total. The average molecular weight is 345 g/mol. The van der Waals surface area contributed by atoms with Crippen LogP contribution in [0.4, 0.5) is 14.9 Å². The summed E-state index contributed by atoms with van der Waals surface area (Å²) in [7, 11) is 5.42. The molecule has 0 aliphatic rings. The highest BCUT2D eigenvalue weighted by atomic mass is 19.1. The Bertz CT molecular complexity index is 692. The van der Waals surface area contributed by atoms with Crippen molar-refractivity contribution in [3.8, 4) is 5.75 Å². The Hall–Kier alpha value is -2.60. The normalized spacial score (nSPS) is 11.9. The number of benzene rings is 2. The molecule has 0 radical (unpaired) electrons. The third-order valence-electron chi connectivity index (χ3n) is 3.80. The van der Waals surface area contributed by atoms with Crippen LogP contribution in [0.5, 0.6) is 5.75 Å². The first-order chi connectivity index (χ1) is 12.0. The van der Waals surface area contributed by atoms with E-state index in [1.165, 1.54) is 19.2 Å². The van der Waals surface area contributed by atoms with E-state index < -0.39 is 11.8 Å². The lowest BCUT2D eigenvalue weighted by atomic mass is 10.0. The number of nitrogens with zero attached hydrogens (tertiary/aromatic N) is 1. The molecule has 0 heterocycles. The van der Waals surface area contributed by atoms with Crippen molar-refractivity contribution in [2.24, 2.45) is 0 Å². The van der Waals surface area contributed by atoms with Crippen LogP contribution < -0.4 is 15.4 Å². The van der Waals surface area contributed by atoms with Gasteiger partial charge >= 0.3 is 6.03 Å². The fraction of sp³-hybridized carbons (Fsp3) is 0.316. The van der Waals surface area contributed by atoms with E-state index in [0.717, 1.165) is 18.5 Å². The van der Waals surface area contributed by atoms with Crippen LogP contribution in [0, 0.1) is 5.82 Å². The van der Waals surface area contributed by atoms with Gasteiger partial charge in [0.25, 0.3) is 0 Å². The summed E-state index contributed by atoms with van der Waals surface area (Å²) in [5.41, 5.74) is 1.12. The number of amides is 2. The highest BCUT2D eigenvalue weighted by molar-refractivity contribution is 5.89. The maximum Gasteiger partial charge on any atom is 0.319 e. The van der Waals surface area contributed by atoms with E-state index in [1.54, 1.807) is 6.07 Å². The Labute approximate surface area is 147 Å². The van der Waals surface area contributed by atoms with Crippen molar-refractivity contribution in [3.63, 3.8) is 0 Å². The third-order valence-corrected chi connectivity index (χ3v) is 3.80. The number of carbonyl (C=O) groups is 1. The summed E-state index contributed by atoms with van der Waals surface area (Å²) in [4.78, 5) is 14.4. The summed E-state index contributed by atoms with van der Waals surface area (Å²) in [5.74, 6) is -0.143. The van der Waals surface area contributed by atoms with Gasteiger partial charge in [-0.3, -0.25) is 0 Å². The van der Waals surface area contributed by atoms with Crippen LogP contribution in [-0.4, -0.2) is 38.7 Å². The molecule has 0 fully saturated rings. The summed E-state index contributed by atoms with van der Waals surface area (Å²) in [6.45, 7) is 0.816. The minimum Gasteiger partial charge on any atom is -0.497 e. The topological polar surface area (TPSA) is 53.6 Å². The van der Waals surface area contributed by atoms with Gasteiger partial charge in [-0.25, -0.2) is 9.18 Å². The van der Waals surface area contributed by atoms with Crippen molar-refractivity contribution in [1.82, 2.24) is 10.2 Å².